The van der Waals surface area contributed by atoms with Crippen molar-refractivity contribution < 1.29 is 14.2 Å². The number of aromatic amines is 1. The van der Waals surface area contributed by atoms with Crippen LogP contribution in [-0.4, -0.2) is 36.4 Å². The standard InChI is InChI=1S/C15H18N2O3/c1-3-10(9-18-4-1)15-16-11-7-13-14(8-12(11)17-15)20-6-2-5-19-13/h7-8,10H,1-6,9H2,(H,16,17). The second kappa shape index (κ2) is 4.98. The lowest BCUT2D eigenvalue weighted by Gasteiger charge is -2.19. The van der Waals surface area contributed by atoms with E-state index >= 15 is 0 Å². The van der Waals surface area contributed by atoms with Crippen molar-refractivity contribution in [2.45, 2.75) is 25.2 Å². The second-order valence-electron chi connectivity index (χ2n) is 5.40. The normalized spacial score (nSPS) is 22.7. The van der Waals surface area contributed by atoms with Gasteiger partial charge in [0.2, 0.25) is 0 Å². The lowest BCUT2D eigenvalue weighted by Crippen LogP contribution is -2.16. The molecule has 2 aromatic rings. The van der Waals surface area contributed by atoms with Gasteiger partial charge >= 0.3 is 0 Å². The molecule has 1 unspecified atom stereocenters. The number of nitrogens with zero attached hydrogens (tertiary/aromatic N) is 1. The molecule has 1 saturated heterocycles. The summed E-state index contributed by atoms with van der Waals surface area (Å²) in [6.45, 7) is 3.03. The monoisotopic (exact) mass is 274 g/mol. The number of fused-ring (bicyclic) bond motifs is 2. The highest BCUT2D eigenvalue weighted by Gasteiger charge is 2.21. The number of imidazole rings is 1. The fraction of sp³-hybridized carbons (Fsp3) is 0.533. The van der Waals surface area contributed by atoms with Crippen LogP contribution in [-0.2, 0) is 4.74 Å². The molecule has 0 radical (unpaired) electrons. The Morgan fingerprint density at radius 2 is 1.90 bits per heavy atom. The van der Waals surface area contributed by atoms with Crippen molar-refractivity contribution >= 4 is 11.0 Å². The van der Waals surface area contributed by atoms with E-state index in [2.05, 4.69) is 4.98 Å². The molecule has 20 heavy (non-hydrogen) atoms. The van der Waals surface area contributed by atoms with Gasteiger partial charge in [-0.25, -0.2) is 4.98 Å². The van der Waals surface area contributed by atoms with E-state index in [1.54, 1.807) is 0 Å². The van der Waals surface area contributed by atoms with Crippen LogP contribution in [0.1, 0.15) is 31.0 Å². The van der Waals surface area contributed by atoms with Crippen molar-refractivity contribution in [2.24, 2.45) is 0 Å². The van der Waals surface area contributed by atoms with Crippen LogP contribution in [0.2, 0.25) is 0 Å². The summed E-state index contributed by atoms with van der Waals surface area (Å²) in [6.07, 6.45) is 3.15. The maximum atomic E-state index is 5.71. The zero-order valence-corrected chi connectivity index (χ0v) is 11.4. The SMILES string of the molecule is c1c2c(cc3[nH]c(C4CCCOC4)nc13)OCCCO2. The topological polar surface area (TPSA) is 56.4 Å². The summed E-state index contributed by atoms with van der Waals surface area (Å²) in [5.41, 5.74) is 1.95. The summed E-state index contributed by atoms with van der Waals surface area (Å²) < 4.78 is 17.0. The Labute approximate surface area is 117 Å². The van der Waals surface area contributed by atoms with Crippen molar-refractivity contribution in [3.8, 4) is 11.5 Å². The van der Waals surface area contributed by atoms with Crippen molar-refractivity contribution in [3.05, 3.63) is 18.0 Å². The smallest absolute Gasteiger partial charge is 0.163 e. The molecule has 4 rings (SSSR count). The van der Waals surface area contributed by atoms with Gasteiger partial charge in [-0.15, -0.1) is 0 Å². The average Bonchev–Trinajstić information content (AvgIpc) is 2.76. The first kappa shape index (κ1) is 12.0. The number of benzene rings is 1. The van der Waals surface area contributed by atoms with Crippen LogP contribution >= 0.6 is 0 Å². The minimum absolute atomic E-state index is 0.373. The predicted octanol–water partition coefficient (Wildman–Crippen LogP) is 2.62. The molecule has 2 aliphatic rings. The van der Waals surface area contributed by atoms with E-state index < -0.39 is 0 Å². The molecule has 1 atom stereocenters. The summed E-state index contributed by atoms with van der Waals surface area (Å²) in [6, 6.07) is 3.97. The maximum Gasteiger partial charge on any atom is 0.163 e. The highest BCUT2D eigenvalue weighted by atomic mass is 16.5. The third-order valence-corrected chi connectivity index (χ3v) is 3.92. The molecule has 1 fully saturated rings. The van der Waals surface area contributed by atoms with Crippen LogP contribution in [0.3, 0.4) is 0 Å². The van der Waals surface area contributed by atoms with Gasteiger partial charge in [0.25, 0.3) is 0 Å². The first-order chi connectivity index (χ1) is 9.90. The molecule has 1 N–H and O–H groups in total. The van der Waals surface area contributed by atoms with Crippen LogP contribution in [0.25, 0.3) is 11.0 Å². The van der Waals surface area contributed by atoms with Crippen molar-refractivity contribution in [3.63, 3.8) is 0 Å². The number of nitrogens with one attached hydrogen (secondary N) is 1. The van der Waals surface area contributed by atoms with Crippen LogP contribution in [0.5, 0.6) is 11.5 Å². The number of hydrogen-bond donors (Lipinski definition) is 1. The average molecular weight is 274 g/mol. The Hall–Kier alpha value is -1.75. The van der Waals surface area contributed by atoms with E-state index in [-0.39, 0.29) is 0 Å². The van der Waals surface area contributed by atoms with Gasteiger partial charge in [0.05, 0.1) is 30.9 Å². The van der Waals surface area contributed by atoms with Gasteiger partial charge in [0.1, 0.15) is 5.82 Å². The van der Waals surface area contributed by atoms with E-state index in [0.717, 1.165) is 60.8 Å². The molecule has 5 heteroatoms. The minimum atomic E-state index is 0.373. The third kappa shape index (κ3) is 2.12. The van der Waals surface area contributed by atoms with Gasteiger partial charge in [-0.1, -0.05) is 0 Å². The van der Waals surface area contributed by atoms with Crippen LogP contribution < -0.4 is 9.47 Å². The molecule has 1 aromatic carbocycles. The zero-order valence-electron chi connectivity index (χ0n) is 11.4. The largest absolute Gasteiger partial charge is 0.489 e. The molecule has 5 nitrogen and oxygen atoms in total. The molecule has 3 heterocycles. The summed E-state index contributed by atoms with van der Waals surface area (Å²) >= 11 is 0. The first-order valence-electron chi connectivity index (χ1n) is 7.27. The van der Waals surface area contributed by atoms with Gasteiger partial charge in [0.15, 0.2) is 11.5 Å². The Balaban J connectivity index is 1.72. The Kier molecular flexibility index (Phi) is 2.99. The summed E-state index contributed by atoms with van der Waals surface area (Å²) in [5, 5.41) is 0. The molecular formula is C15H18N2O3. The molecular weight excluding hydrogens is 256 g/mol. The fourth-order valence-corrected chi connectivity index (χ4v) is 2.84. The van der Waals surface area contributed by atoms with Gasteiger partial charge in [0, 0.05) is 31.1 Å². The molecule has 0 spiro atoms. The number of ether oxygens (including phenoxy) is 3. The molecule has 0 bridgehead atoms. The van der Waals surface area contributed by atoms with E-state index in [0.29, 0.717) is 19.1 Å². The van der Waals surface area contributed by atoms with E-state index in [1.165, 1.54) is 0 Å². The minimum Gasteiger partial charge on any atom is -0.489 e. The highest BCUT2D eigenvalue weighted by Crippen LogP contribution is 2.34. The predicted molar refractivity (Wildman–Crippen MR) is 74.5 cm³/mol. The Morgan fingerprint density at radius 3 is 2.70 bits per heavy atom. The first-order valence-corrected chi connectivity index (χ1v) is 7.27. The number of H-pyrrole nitrogens is 1. The highest BCUT2D eigenvalue weighted by molar-refractivity contribution is 5.80. The van der Waals surface area contributed by atoms with Gasteiger partial charge in [-0.3, -0.25) is 0 Å². The third-order valence-electron chi connectivity index (χ3n) is 3.92. The lowest BCUT2D eigenvalue weighted by molar-refractivity contribution is 0.0784. The molecule has 0 aliphatic carbocycles. The Morgan fingerprint density at radius 1 is 1.05 bits per heavy atom. The molecule has 2 aliphatic heterocycles. The molecule has 1 aromatic heterocycles. The lowest BCUT2D eigenvalue weighted by atomic mass is 10.0. The summed E-state index contributed by atoms with van der Waals surface area (Å²) in [7, 11) is 0. The molecule has 106 valence electrons. The second-order valence-corrected chi connectivity index (χ2v) is 5.40. The Bertz CT molecular complexity index is 574. The van der Waals surface area contributed by atoms with E-state index in [1.807, 2.05) is 12.1 Å². The zero-order chi connectivity index (χ0) is 13.4. The van der Waals surface area contributed by atoms with Crippen LogP contribution in [0.4, 0.5) is 0 Å². The van der Waals surface area contributed by atoms with Crippen molar-refractivity contribution in [1.82, 2.24) is 9.97 Å². The summed E-state index contributed by atoms with van der Waals surface area (Å²) in [4.78, 5) is 8.11. The summed E-state index contributed by atoms with van der Waals surface area (Å²) in [5.74, 6) is 3.00. The van der Waals surface area contributed by atoms with Crippen molar-refractivity contribution in [2.75, 3.05) is 26.4 Å². The quantitative estimate of drug-likeness (QED) is 0.868. The number of hydrogen-bond acceptors (Lipinski definition) is 4. The van der Waals surface area contributed by atoms with Crippen molar-refractivity contribution in [1.29, 1.82) is 0 Å². The van der Waals surface area contributed by atoms with Crippen LogP contribution in [0.15, 0.2) is 12.1 Å². The fourth-order valence-electron chi connectivity index (χ4n) is 2.84. The number of rotatable bonds is 1. The maximum absolute atomic E-state index is 5.71. The van der Waals surface area contributed by atoms with Gasteiger partial charge in [-0.05, 0) is 12.8 Å². The molecule has 0 amide bonds. The number of aromatic nitrogens is 2. The van der Waals surface area contributed by atoms with E-state index in [9.17, 15) is 0 Å². The van der Waals surface area contributed by atoms with Crippen LogP contribution in [0, 0.1) is 0 Å². The molecule has 0 saturated carbocycles. The van der Waals surface area contributed by atoms with E-state index in [4.69, 9.17) is 19.2 Å². The van der Waals surface area contributed by atoms with Gasteiger partial charge < -0.3 is 19.2 Å². The van der Waals surface area contributed by atoms with Gasteiger partial charge in [-0.2, -0.15) is 0 Å².